The molecule has 0 saturated carbocycles. The average Bonchev–Trinajstić information content (AvgIpc) is 3.12. The van der Waals surface area contributed by atoms with E-state index in [1.807, 2.05) is 18.2 Å². The van der Waals surface area contributed by atoms with E-state index in [-0.39, 0.29) is 37.5 Å². The van der Waals surface area contributed by atoms with Gasteiger partial charge in [-0.25, -0.2) is 0 Å². The van der Waals surface area contributed by atoms with Crippen LogP contribution in [0.1, 0.15) is 32.1 Å². The second-order valence-corrected chi connectivity index (χ2v) is 15.4. The minimum absolute atomic E-state index is 0.0150. The van der Waals surface area contributed by atoms with Crippen molar-refractivity contribution >= 4 is 65.5 Å². The van der Waals surface area contributed by atoms with Gasteiger partial charge in [0.15, 0.2) is 0 Å². The van der Waals surface area contributed by atoms with Crippen LogP contribution in [-0.2, 0) is 33.4 Å². The van der Waals surface area contributed by atoms with Crippen LogP contribution in [0.5, 0.6) is 0 Å². The Kier molecular flexibility index (Phi) is 15.4. The van der Waals surface area contributed by atoms with Gasteiger partial charge >= 0.3 is 225 Å². The van der Waals surface area contributed by atoms with Gasteiger partial charge in [-0.3, -0.25) is 9.59 Å². The third kappa shape index (κ3) is 10.9. The predicted molar refractivity (Wildman–Crippen MR) is 189 cm³/mol. The van der Waals surface area contributed by atoms with Gasteiger partial charge in [-0.05, 0) is 0 Å². The van der Waals surface area contributed by atoms with Crippen molar-refractivity contribution < 1.29 is 33.4 Å². The normalized spacial score (nSPS) is 12.6. The summed E-state index contributed by atoms with van der Waals surface area (Å²) in [5.74, 6) is -2.76. The summed E-state index contributed by atoms with van der Waals surface area (Å²) in [6.07, 6.45) is 2.29. The van der Waals surface area contributed by atoms with Crippen LogP contribution >= 0.6 is 19.9 Å². The first kappa shape index (κ1) is 37.2. The van der Waals surface area contributed by atoms with Crippen molar-refractivity contribution in [2.75, 3.05) is 32.7 Å². The van der Waals surface area contributed by atoms with Crippen molar-refractivity contribution in [1.29, 1.82) is 0 Å². The zero-order chi connectivity index (χ0) is 34.1. The molecule has 0 spiro atoms. The number of hydrogen-bond donors (Lipinski definition) is 4. The number of nitrogens with one attached hydrogen (secondary N) is 3. The first-order chi connectivity index (χ1) is 22.7. The number of rotatable bonds is 18. The number of esters is 2. The zero-order valence-electron chi connectivity index (χ0n) is 26.8. The summed E-state index contributed by atoms with van der Waals surface area (Å²) in [6, 6.07) is 29.6. The Hall–Kier alpha value is -4.21. The van der Waals surface area contributed by atoms with E-state index in [0.29, 0.717) is 6.42 Å². The molecule has 0 aromatic heterocycles. The van der Waals surface area contributed by atoms with E-state index < -0.39 is 43.1 Å². The average molecular weight is 682 g/mol. The fourth-order valence-corrected chi connectivity index (χ4v) is 10.7. The molecule has 0 fully saturated rings. The number of hydrogen-bond acceptors (Lipinski definition) is 8. The molecule has 3 N–H and O–H groups in total. The van der Waals surface area contributed by atoms with Crippen LogP contribution in [0.2, 0.25) is 0 Å². The van der Waals surface area contributed by atoms with E-state index in [4.69, 9.17) is 4.74 Å². The number of amides is 3. The summed E-state index contributed by atoms with van der Waals surface area (Å²) in [5.41, 5.74) is 0. The summed E-state index contributed by atoms with van der Waals surface area (Å²) in [6.45, 7) is -0.347. The van der Waals surface area contributed by atoms with Gasteiger partial charge in [-0.2, -0.15) is 12.6 Å². The van der Waals surface area contributed by atoms with Crippen molar-refractivity contribution in [3.8, 4) is 0 Å². The van der Waals surface area contributed by atoms with E-state index in [0.717, 1.165) is 12.6 Å². The van der Waals surface area contributed by atoms with Gasteiger partial charge in [0.05, 0.1) is 7.11 Å². The van der Waals surface area contributed by atoms with Gasteiger partial charge in [-0.1, -0.05) is 0 Å². The summed E-state index contributed by atoms with van der Waals surface area (Å²) >= 11 is 4.10. The SMILES string of the molecule is COC(=O)CNC(=O)[C@H](CS)NC(=O)CC[C@H](NC(=O)CCCC[PH](c1ccccc1)(c1ccccc1)c1ccccc1)C(=O)OC. The maximum atomic E-state index is 13.0. The summed E-state index contributed by atoms with van der Waals surface area (Å²) in [4.78, 5) is 61.6. The van der Waals surface area contributed by atoms with Crippen molar-refractivity contribution in [3.05, 3.63) is 91.0 Å². The third-order valence-electron chi connectivity index (χ3n) is 7.96. The number of thiol groups is 1. The van der Waals surface area contributed by atoms with E-state index in [1.54, 1.807) is 0 Å². The minimum atomic E-state index is -2.42. The fraction of sp³-hybridized carbons (Fsp3) is 0.343. The molecule has 47 heavy (non-hydrogen) atoms. The third-order valence-corrected chi connectivity index (χ3v) is 13.4. The molecular formula is C35H44N3O7PS. The molecule has 0 aliphatic carbocycles. The maximum absolute atomic E-state index is 13.0. The molecule has 0 saturated heterocycles. The Balaban J connectivity index is 1.61. The van der Waals surface area contributed by atoms with Crippen molar-refractivity contribution in [1.82, 2.24) is 16.0 Å². The molecule has 12 heteroatoms. The molecule has 10 nitrogen and oxygen atoms in total. The molecule has 0 bridgehead atoms. The molecule has 3 aromatic rings. The van der Waals surface area contributed by atoms with Crippen LogP contribution in [0.4, 0.5) is 0 Å². The molecule has 0 aliphatic rings. The van der Waals surface area contributed by atoms with E-state index in [1.165, 1.54) is 30.1 Å². The molecule has 3 amide bonds. The number of carbonyl (C=O) groups excluding carboxylic acids is 5. The Labute approximate surface area is 282 Å². The summed E-state index contributed by atoms with van der Waals surface area (Å²) < 4.78 is 9.36. The Bertz CT molecular complexity index is 1370. The monoisotopic (exact) mass is 681 g/mol. The Morgan fingerprint density at radius 1 is 0.681 bits per heavy atom. The molecule has 252 valence electrons. The van der Waals surface area contributed by atoms with E-state index in [9.17, 15) is 24.0 Å². The zero-order valence-corrected chi connectivity index (χ0v) is 28.7. The van der Waals surface area contributed by atoms with E-state index >= 15 is 0 Å². The van der Waals surface area contributed by atoms with Gasteiger partial charge in [0.25, 0.3) is 0 Å². The van der Waals surface area contributed by atoms with Crippen LogP contribution in [0, 0.1) is 0 Å². The van der Waals surface area contributed by atoms with Crippen LogP contribution in [0.25, 0.3) is 0 Å². The number of ether oxygens (including phenoxy) is 2. The molecule has 3 aromatic carbocycles. The number of carbonyl (C=O) groups is 5. The van der Waals surface area contributed by atoms with Gasteiger partial charge in [0, 0.05) is 5.75 Å². The molecule has 0 heterocycles. The molecule has 0 unspecified atom stereocenters. The van der Waals surface area contributed by atoms with Crippen LogP contribution in [-0.4, -0.2) is 74.4 Å². The molecule has 0 radical (unpaired) electrons. The standard InChI is InChI=1S/C35H44N3O7PS/c1-44-33(41)24-36-34(42)30(25-47)38-32(40)22-21-29(35(43)45-2)37-31(39)20-12-13-23-46(26-14-6-3-7-15-26,27-16-8-4-9-17-27)28-18-10-5-11-19-28/h3-11,14-19,29-30,46-47H,12-13,20-25H2,1-2H3,(H,36,42)(H,37,39)(H,38,40)/t29-,30-/m0/s1. The topological polar surface area (TPSA) is 140 Å². The van der Waals surface area contributed by atoms with Gasteiger partial charge in [0.2, 0.25) is 5.91 Å². The van der Waals surface area contributed by atoms with Crippen LogP contribution < -0.4 is 31.9 Å². The molecule has 0 aliphatic heterocycles. The van der Waals surface area contributed by atoms with Gasteiger partial charge in [0.1, 0.15) is 6.54 Å². The second-order valence-electron chi connectivity index (χ2n) is 11.0. The first-order valence-corrected chi connectivity index (χ1v) is 18.4. The quantitative estimate of drug-likeness (QED) is 0.0698. The first-order valence-electron chi connectivity index (χ1n) is 15.5. The Morgan fingerprint density at radius 2 is 1.17 bits per heavy atom. The number of methoxy groups -OCH3 is 2. The van der Waals surface area contributed by atoms with Crippen molar-refractivity contribution in [3.63, 3.8) is 0 Å². The molecular weight excluding hydrogens is 637 g/mol. The fourth-order valence-electron chi connectivity index (χ4n) is 5.53. The van der Waals surface area contributed by atoms with Crippen molar-refractivity contribution in [2.24, 2.45) is 0 Å². The molecule has 3 rings (SSSR count). The van der Waals surface area contributed by atoms with E-state index in [2.05, 4.69) is 106 Å². The van der Waals surface area contributed by atoms with Crippen LogP contribution in [0.15, 0.2) is 91.0 Å². The Morgan fingerprint density at radius 3 is 1.64 bits per heavy atom. The summed E-state index contributed by atoms with van der Waals surface area (Å²) in [5, 5.41) is 11.5. The van der Waals surface area contributed by atoms with Crippen LogP contribution in [0.3, 0.4) is 0 Å². The van der Waals surface area contributed by atoms with Gasteiger partial charge < -0.3 is 10.1 Å². The second kappa shape index (κ2) is 19.5. The van der Waals surface area contributed by atoms with Gasteiger partial charge in [-0.15, -0.1) is 0 Å². The van der Waals surface area contributed by atoms with Crippen molar-refractivity contribution in [2.45, 2.75) is 44.2 Å². The summed E-state index contributed by atoms with van der Waals surface area (Å²) in [7, 11) is -0.0153. The number of benzene rings is 3. The predicted octanol–water partition coefficient (Wildman–Crippen LogP) is 2.02. The number of unbranched alkanes of at least 4 members (excludes halogenated alkanes) is 1. The molecule has 2 atom stereocenters.